The van der Waals surface area contributed by atoms with E-state index < -0.39 is 0 Å². The molecule has 0 saturated carbocycles. The quantitative estimate of drug-likeness (QED) is 0.863. The molecule has 94 valence electrons. The van der Waals surface area contributed by atoms with Gasteiger partial charge in [0, 0.05) is 25.2 Å². The first-order valence-corrected chi connectivity index (χ1v) is 6.70. The summed E-state index contributed by atoms with van der Waals surface area (Å²) in [6.45, 7) is 6.63. The van der Waals surface area contributed by atoms with Crippen LogP contribution in [0.3, 0.4) is 0 Å². The van der Waals surface area contributed by atoms with Crippen LogP contribution in [0.1, 0.15) is 25.8 Å². The van der Waals surface area contributed by atoms with Gasteiger partial charge in [-0.05, 0) is 31.2 Å². The van der Waals surface area contributed by atoms with E-state index in [2.05, 4.69) is 49.1 Å². The molecule has 1 heterocycles. The van der Waals surface area contributed by atoms with Crippen molar-refractivity contribution < 1.29 is 0 Å². The smallest absolute Gasteiger partial charge is 0.0261 e. The zero-order valence-electron chi connectivity index (χ0n) is 11.0. The lowest BCUT2D eigenvalue weighted by Gasteiger charge is -2.30. The lowest BCUT2D eigenvalue weighted by molar-refractivity contribution is 0.189. The third-order valence-electron chi connectivity index (χ3n) is 3.89. The van der Waals surface area contributed by atoms with E-state index in [0.717, 1.165) is 18.9 Å². The molecule has 0 amide bonds. The Kier molecular flexibility index (Phi) is 4.19. The Morgan fingerprint density at radius 1 is 1.29 bits per heavy atom. The highest BCUT2D eigenvalue weighted by molar-refractivity contribution is 5.16. The maximum absolute atomic E-state index is 5.97. The minimum atomic E-state index is 0.498. The van der Waals surface area contributed by atoms with Crippen LogP contribution in [-0.2, 0) is 6.42 Å². The van der Waals surface area contributed by atoms with Crippen molar-refractivity contribution in [2.24, 2.45) is 11.7 Å². The van der Waals surface area contributed by atoms with Gasteiger partial charge in [0.1, 0.15) is 0 Å². The second-order valence-electron chi connectivity index (χ2n) is 5.47. The van der Waals surface area contributed by atoms with E-state index >= 15 is 0 Å². The van der Waals surface area contributed by atoms with Crippen molar-refractivity contribution in [2.45, 2.75) is 38.8 Å². The van der Waals surface area contributed by atoms with Crippen LogP contribution in [0.4, 0.5) is 0 Å². The lowest BCUT2D eigenvalue weighted by Crippen LogP contribution is -2.44. The summed E-state index contributed by atoms with van der Waals surface area (Å²) in [5.74, 6) is 0.815. The molecule has 3 atom stereocenters. The number of likely N-dealkylation sites (tertiary alicyclic amines) is 1. The van der Waals surface area contributed by atoms with Crippen molar-refractivity contribution in [3.63, 3.8) is 0 Å². The molecule has 1 fully saturated rings. The summed E-state index contributed by atoms with van der Waals surface area (Å²) in [6, 6.07) is 11.9. The van der Waals surface area contributed by atoms with Gasteiger partial charge in [0.15, 0.2) is 0 Å². The third-order valence-corrected chi connectivity index (χ3v) is 3.89. The molecule has 2 N–H and O–H groups in total. The maximum atomic E-state index is 5.97. The fourth-order valence-electron chi connectivity index (χ4n) is 3.06. The van der Waals surface area contributed by atoms with Gasteiger partial charge < -0.3 is 5.73 Å². The van der Waals surface area contributed by atoms with E-state index in [1.165, 1.54) is 18.5 Å². The van der Waals surface area contributed by atoms with Gasteiger partial charge in [0.2, 0.25) is 0 Å². The predicted molar refractivity (Wildman–Crippen MR) is 72.9 cm³/mol. The van der Waals surface area contributed by atoms with E-state index in [0.29, 0.717) is 12.1 Å². The van der Waals surface area contributed by atoms with Crippen LogP contribution in [0, 0.1) is 5.92 Å². The zero-order valence-corrected chi connectivity index (χ0v) is 11.0. The minimum Gasteiger partial charge on any atom is -0.329 e. The number of rotatable bonds is 4. The Balaban J connectivity index is 2.02. The van der Waals surface area contributed by atoms with Crippen LogP contribution >= 0.6 is 0 Å². The van der Waals surface area contributed by atoms with Crippen LogP contribution in [0.2, 0.25) is 0 Å². The number of benzene rings is 1. The Labute approximate surface area is 105 Å². The van der Waals surface area contributed by atoms with Crippen LogP contribution in [0.15, 0.2) is 30.3 Å². The van der Waals surface area contributed by atoms with Gasteiger partial charge in [-0.25, -0.2) is 0 Å². The molecule has 1 saturated heterocycles. The number of nitrogens with two attached hydrogens (primary N) is 1. The molecule has 0 spiro atoms. The molecule has 0 aliphatic carbocycles. The molecule has 0 bridgehead atoms. The molecule has 0 radical (unpaired) electrons. The average Bonchev–Trinajstić information content (AvgIpc) is 2.67. The molecule has 17 heavy (non-hydrogen) atoms. The van der Waals surface area contributed by atoms with Crippen LogP contribution in [0.25, 0.3) is 0 Å². The second kappa shape index (κ2) is 5.65. The topological polar surface area (TPSA) is 29.3 Å². The van der Waals surface area contributed by atoms with Gasteiger partial charge in [-0.1, -0.05) is 37.3 Å². The first-order valence-electron chi connectivity index (χ1n) is 6.70. The highest BCUT2D eigenvalue weighted by Gasteiger charge is 2.30. The van der Waals surface area contributed by atoms with E-state index in [1.54, 1.807) is 0 Å². The Hall–Kier alpha value is -0.860. The normalized spacial score (nSPS) is 27.2. The third kappa shape index (κ3) is 3.08. The summed E-state index contributed by atoms with van der Waals surface area (Å²) in [5.41, 5.74) is 7.36. The predicted octanol–water partition coefficient (Wildman–Crippen LogP) is 2.29. The molecule has 0 aromatic heterocycles. The number of hydrogen-bond acceptors (Lipinski definition) is 2. The monoisotopic (exact) mass is 232 g/mol. The lowest BCUT2D eigenvalue weighted by atomic mass is 10.0. The number of hydrogen-bond donors (Lipinski definition) is 1. The van der Waals surface area contributed by atoms with Gasteiger partial charge >= 0.3 is 0 Å². The summed E-state index contributed by atoms with van der Waals surface area (Å²) in [5, 5.41) is 0. The summed E-state index contributed by atoms with van der Waals surface area (Å²) < 4.78 is 0. The van der Waals surface area contributed by atoms with Gasteiger partial charge in [-0.2, -0.15) is 0 Å². The van der Waals surface area contributed by atoms with Crippen molar-refractivity contribution in [2.75, 3.05) is 13.1 Å². The average molecular weight is 232 g/mol. The molecule has 3 unspecified atom stereocenters. The van der Waals surface area contributed by atoms with Gasteiger partial charge in [0.05, 0.1) is 0 Å². The van der Waals surface area contributed by atoms with Crippen molar-refractivity contribution in [1.29, 1.82) is 0 Å². The van der Waals surface area contributed by atoms with Crippen LogP contribution < -0.4 is 5.73 Å². The van der Waals surface area contributed by atoms with Gasteiger partial charge in [-0.15, -0.1) is 0 Å². The van der Waals surface area contributed by atoms with Crippen LogP contribution in [0.5, 0.6) is 0 Å². The highest BCUT2D eigenvalue weighted by Crippen LogP contribution is 2.25. The first kappa shape index (κ1) is 12.6. The molecule has 1 aliphatic rings. The first-order chi connectivity index (χ1) is 8.20. The fraction of sp³-hybridized carbons (Fsp3) is 0.600. The molecule has 1 aliphatic heterocycles. The molecule has 2 nitrogen and oxygen atoms in total. The van der Waals surface area contributed by atoms with Gasteiger partial charge in [-0.3, -0.25) is 4.90 Å². The van der Waals surface area contributed by atoms with E-state index in [1.807, 2.05) is 0 Å². The molecule has 2 heteroatoms. The van der Waals surface area contributed by atoms with Crippen molar-refractivity contribution in [1.82, 2.24) is 4.90 Å². The van der Waals surface area contributed by atoms with Crippen molar-refractivity contribution >= 4 is 0 Å². The Bertz CT molecular complexity index is 336. The van der Waals surface area contributed by atoms with Crippen LogP contribution in [-0.4, -0.2) is 30.1 Å². The maximum Gasteiger partial charge on any atom is 0.0261 e. The van der Waals surface area contributed by atoms with E-state index in [9.17, 15) is 0 Å². The Morgan fingerprint density at radius 2 is 2.00 bits per heavy atom. The molecule has 1 aromatic rings. The molecular formula is C15H24N2. The van der Waals surface area contributed by atoms with E-state index in [4.69, 9.17) is 5.73 Å². The van der Waals surface area contributed by atoms with Crippen molar-refractivity contribution in [3.8, 4) is 0 Å². The summed E-state index contributed by atoms with van der Waals surface area (Å²) in [4.78, 5) is 2.59. The Morgan fingerprint density at radius 3 is 2.53 bits per heavy atom. The summed E-state index contributed by atoms with van der Waals surface area (Å²) in [6.07, 6.45) is 2.39. The van der Waals surface area contributed by atoms with Gasteiger partial charge in [0.25, 0.3) is 0 Å². The minimum absolute atomic E-state index is 0.498. The molecule has 1 aromatic carbocycles. The standard InChI is InChI=1S/C15H24N2/c1-12-8-13(2)17(11-12)15(10-16)9-14-6-4-3-5-7-14/h3-7,12-13,15H,8-11,16H2,1-2H3. The number of nitrogens with zero attached hydrogens (tertiary/aromatic N) is 1. The largest absolute Gasteiger partial charge is 0.329 e. The molecular weight excluding hydrogens is 208 g/mol. The van der Waals surface area contributed by atoms with E-state index in [-0.39, 0.29) is 0 Å². The summed E-state index contributed by atoms with van der Waals surface area (Å²) in [7, 11) is 0. The van der Waals surface area contributed by atoms with Crippen molar-refractivity contribution in [3.05, 3.63) is 35.9 Å². The summed E-state index contributed by atoms with van der Waals surface area (Å²) >= 11 is 0. The zero-order chi connectivity index (χ0) is 12.3. The second-order valence-corrected chi connectivity index (χ2v) is 5.47. The SMILES string of the molecule is CC1CC(C)N(C(CN)Cc2ccccc2)C1. The molecule has 2 rings (SSSR count). The fourth-order valence-corrected chi connectivity index (χ4v) is 3.06. The highest BCUT2D eigenvalue weighted by atomic mass is 15.2.